The second-order valence-electron chi connectivity index (χ2n) is 6.79. The summed E-state index contributed by atoms with van der Waals surface area (Å²) in [6.07, 6.45) is 2.20. The van der Waals surface area contributed by atoms with Crippen LogP contribution in [0.5, 0.6) is 0 Å². The van der Waals surface area contributed by atoms with E-state index < -0.39 is 5.54 Å². The van der Waals surface area contributed by atoms with E-state index in [1.54, 1.807) is 6.92 Å². The van der Waals surface area contributed by atoms with E-state index in [9.17, 15) is 10.1 Å². The van der Waals surface area contributed by atoms with Gasteiger partial charge in [0.1, 0.15) is 5.54 Å². The lowest BCUT2D eigenvalue weighted by Crippen LogP contribution is -2.51. The predicted octanol–water partition coefficient (Wildman–Crippen LogP) is 3.84. The molecular formula is C18H30N4OS. The van der Waals surface area contributed by atoms with Gasteiger partial charge in [0.15, 0.2) is 5.16 Å². The third kappa shape index (κ3) is 4.76. The lowest BCUT2D eigenvalue weighted by Gasteiger charge is -2.28. The van der Waals surface area contributed by atoms with Crippen LogP contribution in [0, 0.1) is 31.1 Å². The summed E-state index contributed by atoms with van der Waals surface area (Å²) in [7, 11) is 0. The van der Waals surface area contributed by atoms with Crippen molar-refractivity contribution in [1.82, 2.24) is 14.9 Å². The van der Waals surface area contributed by atoms with Gasteiger partial charge >= 0.3 is 0 Å². The average Bonchev–Trinajstić information content (AvgIpc) is 2.79. The Kier molecular flexibility index (Phi) is 7.34. The van der Waals surface area contributed by atoms with Crippen molar-refractivity contribution in [3.05, 3.63) is 11.4 Å². The number of hydrogen-bond donors (Lipinski definition) is 1. The van der Waals surface area contributed by atoms with Crippen molar-refractivity contribution in [1.29, 1.82) is 5.26 Å². The molecule has 134 valence electrons. The van der Waals surface area contributed by atoms with Gasteiger partial charge in [0.25, 0.3) is 0 Å². The van der Waals surface area contributed by atoms with Crippen molar-refractivity contribution in [3.8, 4) is 6.07 Å². The van der Waals surface area contributed by atoms with Crippen LogP contribution >= 0.6 is 11.8 Å². The molecule has 1 aromatic rings. The Hall–Kier alpha value is -1.48. The number of nitrogens with one attached hydrogen (secondary N) is 1. The number of nitriles is 1. The smallest absolute Gasteiger partial charge is 0.234 e. The maximum absolute atomic E-state index is 12.5. The average molecular weight is 351 g/mol. The molecule has 0 aliphatic rings. The molecule has 0 spiro atoms. The molecule has 0 aliphatic heterocycles. The van der Waals surface area contributed by atoms with Crippen LogP contribution in [-0.2, 0) is 11.3 Å². The van der Waals surface area contributed by atoms with Crippen LogP contribution < -0.4 is 5.32 Å². The van der Waals surface area contributed by atoms with Crippen LogP contribution in [-0.4, -0.2) is 26.2 Å². The Bertz CT molecular complexity index is 617. The second kappa shape index (κ2) is 8.57. The molecule has 1 aromatic heterocycles. The van der Waals surface area contributed by atoms with Crippen molar-refractivity contribution in [2.24, 2.45) is 5.92 Å². The standard InChI is InChI=1S/C18H30N4OS/c1-8-9-10-22-14(5)13(4)20-17(22)24-15(6)16(23)21-18(7,11-19)12(2)3/h12,15H,8-10H2,1-7H3,(H,21,23). The lowest BCUT2D eigenvalue weighted by molar-refractivity contribution is -0.121. The number of unbranched alkanes of at least 4 members (excludes halogenated alkanes) is 1. The lowest BCUT2D eigenvalue weighted by atomic mass is 9.90. The highest BCUT2D eigenvalue weighted by atomic mass is 32.2. The summed E-state index contributed by atoms with van der Waals surface area (Å²) >= 11 is 1.46. The number of carbonyl (C=O) groups is 1. The van der Waals surface area contributed by atoms with E-state index in [1.165, 1.54) is 11.8 Å². The van der Waals surface area contributed by atoms with Gasteiger partial charge in [-0.1, -0.05) is 39.0 Å². The summed E-state index contributed by atoms with van der Waals surface area (Å²) in [6, 6.07) is 2.22. The van der Waals surface area contributed by atoms with Crippen LogP contribution in [0.25, 0.3) is 0 Å². The van der Waals surface area contributed by atoms with Crippen LogP contribution in [0.2, 0.25) is 0 Å². The first kappa shape index (κ1) is 20.6. The van der Waals surface area contributed by atoms with Gasteiger partial charge in [0.05, 0.1) is 17.0 Å². The van der Waals surface area contributed by atoms with Gasteiger partial charge in [-0.15, -0.1) is 0 Å². The minimum atomic E-state index is -0.852. The minimum absolute atomic E-state index is 0.0414. The van der Waals surface area contributed by atoms with E-state index >= 15 is 0 Å². The minimum Gasteiger partial charge on any atom is -0.337 e. The predicted molar refractivity (Wildman–Crippen MR) is 98.9 cm³/mol. The molecule has 1 rings (SSSR count). The number of imidazole rings is 1. The van der Waals surface area contributed by atoms with E-state index in [1.807, 2.05) is 27.7 Å². The summed E-state index contributed by atoms with van der Waals surface area (Å²) in [6.45, 7) is 14.6. The second-order valence-corrected chi connectivity index (χ2v) is 8.10. The van der Waals surface area contributed by atoms with Gasteiger partial charge in [-0.25, -0.2) is 4.98 Å². The molecule has 0 aliphatic carbocycles. The fourth-order valence-corrected chi connectivity index (χ4v) is 3.19. The number of nitrogens with zero attached hydrogens (tertiary/aromatic N) is 3. The number of aromatic nitrogens is 2. The molecule has 2 atom stereocenters. The zero-order valence-corrected chi connectivity index (χ0v) is 16.8. The quantitative estimate of drug-likeness (QED) is 0.723. The largest absolute Gasteiger partial charge is 0.337 e. The van der Waals surface area contributed by atoms with Gasteiger partial charge in [0, 0.05) is 12.2 Å². The Morgan fingerprint density at radius 2 is 2.04 bits per heavy atom. The van der Waals surface area contributed by atoms with E-state index in [-0.39, 0.29) is 17.1 Å². The molecule has 0 saturated heterocycles. The SMILES string of the molecule is CCCCn1c(SC(C)C(=O)NC(C)(C#N)C(C)C)nc(C)c1C. The molecule has 0 aromatic carbocycles. The topological polar surface area (TPSA) is 70.7 Å². The number of thioether (sulfide) groups is 1. The van der Waals surface area contributed by atoms with Crippen molar-refractivity contribution in [3.63, 3.8) is 0 Å². The van der Waals surface area contributed by atoms with E-state index in [0.717, 1.165) is 35.9 Å². The molecule has 6 heteroatoms. The number of carbonyl (C=O) groups excluding carboxylic acids is 1. The van der Waals surface area contributed by atoms with E-state index in [2.05, 4.69) is 34.8 Å². The number of rotatable bonds is 8. The van der Waals surface area contributed by atoms with Crippen molar-refractivity contribution >= 4 is 17.7 Å². The number of aryl methyl sites for hydroxylation is 1. The molecule has 0 fully saturated rings. The highest BCUT2D eigenvalue weighted by Gasteiger charge is 2.32. The van der Waals surface area contributed by atoms with Gasteiger partial charge in [0.2, 0.25) is 5.91 Å². The normalized spacial score (nSPS) is 15.0. The molecule has 1 amide bonds. The Morgan fingerprint density at radius 1 is 1.42 bits per heavy atom. The van der Waals surface area contributed by atoms with Crippen molar-refractivity contribution in [2.75, 3.05) is 0 Å². The summed E-state index contributed by atoms with van der Waals surface area (Å²) in [5, 5.41) is 12.8. The van der Waals surface area contributed by atoms with Crippen molar-refractivity contribution < 1.29 is 4.79 Å². The molecule has 1 heterocycles. The van der Waals surface area contributed by atoms with Crippen molar-refractivity contribution in [2.45, 2.75) is 83.8 Å². The third-order valence-electron chi connectivity index (χ3n) is 4.58. The number of hydrogen-bond acceptors (Lipinski definition) is 4. The highest BCUT2D eigenvalue weighted by molar-refractivity contribution is 8.00. The molecule has 5 nitrogen and oxygen atoms in total. The molecule has 0 bridgehead atoms. The Balaban J connectivity index is 2.88. The molecule has 24 heavy (non-hydrogen) atoms. The first-order valence-electron chi connectivity index (χ1n) is 8.59. The Labute approximate surface area is 150 Å². The summed E-state index contributed by atoms with van der Waals surface area (Å²) in [4.78, 5) is 17.1. The molecule has 2 unspecified atom stereocenters. The Morgan fingerprint density at radius 3 is 2.54 bits per heavy atom. The maximum atomic E-state index is 12.5. The first-order valence-corrected chi connectivity index (χ1v) is 9.47. The summed E-state index contributed by atoms with van der Waals surface area (Å²) < 4.78 is 2.19. The van der Waals surface area contributed by atoms with E-state index in [4.69, 9.17) is 0 Å². The van der Waals surface area contributed by atoms with Gasteiger partial charge in [-0.3, -0.25) is 4.79 Å². The van der Waals surface area contributed by atoms with Gasteiger partial charge in [-0.2, -0.15) is 5.26 Å². The monoisotopic (exact) mass is 350 g/mol. The third-order valence-corrected chi connectivity index (χ3v) is 5.67. The highest BCUT2D eigenvalue weighted by Crippen LogP contribution is 2.26. The number of amides is 1. The fraction of sp³-hybridized carbons (Fsp3) is 0.722. The maximum Gasteiger partial charge on any atom is 0.234 e. The molecule has 1 N–H and O–H groups in total. The van der Waals surface area contributed by atoms with Crippen LogP contribution in [0.15, 0.2) is 5.16 Å². The summed E-state index contributed by atoms with van der Waals surface area (Å²) in [5.41, 5.74) is 1.31. The van der Waals surface area contributed by atoms with Gasteiger partial charge in [-0.05, 0) is 40.0 Å². The molecule has 0 saturated carbocycles. The first-order chi connectivity index (χ1) is 11.2. The summed E-state index contributed by atoms with van der Waals surface area (Å²) in [5.74, 6) is -0.0854. The molecular weight excluding hydrogens is 320 g/mol. The van der Waals surface area contributed by atoms with Gasteiger partial charge < -0.3 is 9.88 Å². The zero-order chi connectivity index (χ0) is 18.5. The zero-order valence-electron chi connectivity index (χ0n) is 15.9. The fourth-order valence-electron chi connectivity index (χ4n) is 2.16. The molecule has 0 radical (unpaired) electrons. The van der Waals surface area contributed by atoms with Crippen LogP contribution in [0.1, 0.15) is 58.8 Å². The van der Waals surface area contributed by atoms with Crippen LogP contribution in [0.3, 0.4) is 0 Å². The van der Waals surface area contributed by atoms with E-state index in [0.29, 0.717) is 0 Å². The van der Waals surface area contributed by atoms with Crippen LogP contribution in [0.4, 0.5) is 0 Å².